The number of halogens is 3. The van der Waals surface area contributed by atoms with Gasteiger partial charge in [0, 0.05) is 18.3 Å². The Balaban J connectivity index is 2.55. The predicted octanol–water partition coefficient (Wildman–Crippen LogP) is 0.657. The predicted molar refractivity (Wildman–Crippen MR) is 92.6 cm³/mol. The Morgan fingerprint density at radius 3 is 2.24 bits per heavy atom. The molecule has 1 heterocycles. The summed E-state index contributed by atoms with van der Waals surface area (Å²) in [6.07, 6.45) is -5.52. The van der Waals surface area contributed by atoms with Crippen LogP contribution in [0.4, 0.5) is 18.9 Å². The molecule has 0 aromatic heterocycles. The lowest BCUT2D eigenvalue weighted by Crippen LogP contribution is -2.67. The van der Waals surface area contributed by atoms with Crippen molar-refractivity contribution in [1.29, 1.82) is 0 Å². The van der Waals surface area contributed by atoms with Crippen LogP contribution in [0, 0.1) is 5.92 Å². The van der Waals surface area contributed by atoms with Gasteiger partial charge in [-0.1, -0.05) is 6.58 Å². The fourth-order valence-corrected chi connectivity index (χ4v) is 4.16. The van der Waals surface area contributed by atoms with E-state index in [9.17, 15) is 36.0 Å². The molecule has 158 valence electrons. The second kappa shape index (κ2) is 7.48. The van der Waals surface area contributed by atoms with E-state index in [0.717, 1.165) is 31.4 Å². The largest absolute Gasteiger partial charge is 0.468 e. The fraction of sp³-hybridized carbons (Fsp3) is 0.312. The van der Waals surface area contributed by atoms with Crippen molar-refractivity contribution in [2.75, 3.05) is 12.4 Å². The van der Waals surface area contributed by atoms with Gasteiger partial charge in [-0.3, -0.25) is 14.4 Å². The SMILES string of the molecule is C=C1NC(=O)[C@](NS(=O)(=O)c2ccc(NC(C)=O)cc2)(C(F)(F)F)[C@H]1C(=O)OC. The number of amides is 2. The molecule has 0 aliphatic carbocycles. The maximum Gasteiger partial charge on any atom is 0.417 e. The Morgan fingerprint density at radius 1 is 1.24 bits per heavy atom. The number of benzene rings is 1. The maximum absolute atomic E-state index is 14.0. The van der Waals surface area contributed by atoms with Crippen molar-refractivity contribution in [3.63, 3.8) is 0 Å². The van der Waals surface area contributed by atoms with Gasteiger partial charge in [-0.15, -0.1) is 0 Å². The Kier molecular flexibility index (Phi) is 5.77. The van der Waals surface area contributed by atoms with E-state index in [2.05, 4.69) is 16.6 Å². The van der Waals surface area contributed by atoms with Crippen LogP contribution in [0.3, 0.4) is 0 Å². The van der Waals surface area contributed by atoms with Crippen LogP contribution < -0.4 is 15.4 Å². The lowest BCUT2D eigenvalue weighted by atomic mass is 9.85. The summed E-state index contributed by atoms with van der Waals surface area (Å²) in [6.45, 7) is 4.40. The Morgan fingerprint density at radius 2 is 1.79 bits per heavy atom. The average Bonchev–Trinajstić information content (AvgIpc) is 2.84. The number of nitrogens with one attached hydrogen (secondary N) is 3. The summed E-state index contributed by atoms with van der Waals surface area (Å²) in [7, 11) is -4.17. The molecule has 1 aliphatic heterocycles. The van der Waals surface area contributed by atoms with Gasteiger partial charge in [0.25, 0.3) is 5.91 Å². The van der Waals surface area contributed by atoms with Gasteiger partial charge in [-0.2, -0.15) is 17.9 Å². The molecule has 29 heavy (non-hydrogen) atoms. The summed E-state index contributed by atoms with van der Waals surface area (Å²) in [5.74, 6) is -6.15. The highest BCUT2D eigenvalue weighted by Crippen LogP contribution is 2.44. The van der Waals surface area contributed by atoms with Gasteiger partial charge in [0.2, 0.25) is 21.5 Å². The summed E-state index contributed by atoms with van der Waals surface area (Å²) in [4.78, 5) is 34.5. The summed E-state index contributed by atoms with van der Waals surface area (Å²) in [5.41, 5.74) is -4.32. The number of hydrogen-bond donors (Lipinski definition) is 3. The Hall–Kier alpha value is -2.93. The lowest BCUT2D eigenvalue weighted by Gasteiger charge is -2.33. The van der Waals surface area contributed by atoms with E-state index in [0.29, 0.717) is 0 Å². The van der Waals surface area contributed by atoms with Gasteiger partial charge in [0.1, 0.15) is 5.92 Å². The summed E-state index contributed by atoms with van der Waals surface area (Å²) in [5, 5.41) is 4.12. The molecule has 3 N–H and O–H groups in total. The third kappa shape index (κ3) is 3.96. The molecule has 1 saturated heterocycles. The number of rotatable bonds is 5. The summed E-state index contributed by atoms with van der Waals surface area (Å²) >= 11 is 0. The van der Waals surface area contributed by atoms with Crippen LogP contribution >= 0.6 is 0 Å². The number of carbonyl (C=O) groups is 3. The number of anilines is 1. The summed E-state index contributed by atoms with van der Waals surface area (Å²) < 4.78 is 72.7. The first-order valence-electron chi connectivity index (χ1n) is 7.82. The van der Waals surface area contributed by atoms with E-state index >= 15 is 0 Å². The first kappa shape index (κ1) is 22.4. The molecule has 0 bridgehead atoms. The van der Waals surface area contributed by atoms with Gasteiger partial charge in [0.15, 0.2) is 0 Å². The molecule has 2 atom stereocenters. The molecule has 0 radical (unpaired) electrons. The number of carbonyl (C=O) groups excluding carboxylic acids is 3. The zero-order chi connectivity index (χ0) is 22.2. The number of methoxy groups -OCH3 is 1. The Labute approximate surface area is 163 Å². The van der Waals surface area contributed by atoms with Crippen molar-refractivity contribution < 1.29 is 40.7 Å². The van der Waals surface area contributed by atoms with Crippen molar-refractivity contribution in [3.8, 4) is 0 Å². The van der Waals surface area contributed by atoms with Gasteiger partial charge in [0.05, 0.1) is 12.0 Å². The third-order valence-corrected chi connectivity index (χ3v) is 5.56. The standard InChI is InChI=1S/C16H16F3N3O6S/c1-8-12(13(24)28-3)15(14(25)20-8,16(17,18)19)22-29(26,27)11-6-4-10(5-7-11)21-9(2)23/h4-7,12,22H,1H2,2-3H3,(H,20,25)(H,21,23)/t12-,15+/m1/s1. The normalized spacial score (nSPS) is 22.2. The van der Waals surface area contributed by atoms with Crippen molar-refractivity contribution in [2.24, 2.45) is 5.92 Å². The molecule has 1 aromatic rings. The van der Waals surface area contributed by atoms with Crippen LogP contribution in [0.25, 0.3) is 0 Å². The van der Waals surface area contributed by atoms with Crippen molar-refractivity contribution >= 4 is 33.5 Å². The van der Waals surface area contributed by atoms with E-state index in [4.69, 9.17) is 0 Å². The molecular weight excluding hydrogens is 419 g/mol. The van der Waals surface area contributed by atoms with E-state index in [-0.39, 0.29) is 5.69 Å². The molecule has 2 rings (SSSR count). The molecule has 2 amide bonds. The van der Waals surface area contributed by atoms with Gasteiger partial charge >= 0.3 is 12.1 Å². The van der Waals surface area contributed by atoms with Gasteiger partial charge < -0.3 is 15.4 Å². The number of sulfonamides is 1. The van der Waals surface area contributed by atoms with Crippen LogP contribution in [0.15, 0.2) is 41.4 Å². The maximum atomic E-state index is 14.0. The highest BCUT2D eigenvalue weighted by molar-refractivity contribution is 7.89. The highest BCUT2D eigenvalue weighted by Gasteiger charge is 2.72. The van der Waals surface area contributed by atoms with E-state index < -0.39 is 56.0 Å². The molecule has 0 saturated carbocycles. The zero-order valence-electron chi connectivity index (χ0n) is 15.1. The van der Waals surface area contributed by atoms with Crippen LogP contribution in [0.5, 0.6) is 0 Å². The smallest absolute Gasteiger partial charge is 0.417 e. The van der Waals surface area contributed by atoms with E-state index in [1.165, 1.54) is 11.6 Å². The monoisotopic (exact) mass is 435 g/mol. The molecule has 0 unspecified atom stereocenters. The second-order valence-electron chi connectivity index (χ2n) is 6.05. The molecule has 13 heteroatoms. The number of alkyl halides is 3. The first-order chi connectivity index (χ1) is 13.3. The molecular formula is C16H16F3N3O6S. The fourth-order valence-electron chi connectivity index (χ4n) is 2.79. The van der Waals surface area contributed by atoms with Gasteiger partial charge in [-0.05, 0) is 24.3 Å². The number of hydrogen-bond acceptors (Lipinski definition) is 6. The topological polar surface area (TPSA) is 131 Å². The minimum absolute atomic E-state index is 0.196. The molecule has 9 nitrogen and oxygen atoms in total. The van der Waals surface area contributed by atoms with Crippen LogP contribution in [-0.2, 0) is 29.1 Å². The van der Waals surface area contributed by atoms with Crippen molar-refractivity contribution in [3.05, 3.63) is 36.5 Å². The number of esters is 1. The van der Waals surface area contributed by atoms with Gasteiger partial charge in [-0.25, -0.2) is 8.42 Å². The number of ether oxygens (including phenoxy) is 1. The minimum Gasteiger partial charge on any atom is -0.468 e. The van der Waals surface area contributed by atoms with E-state index in [1.807, 2.05) is 0 Å². The Bertz CT molecular complexity index is 975. The first-order valence-corrected chi connectivity index (χ1v) is 9.31. The minimum atomic E-state index is -5.52. The molecule has 1 aliphatic rings. The average molecular weight is 435 g/mol. The van der Waals surface area contributed by atoms with Crippen LogP contribution in [0.2, 0.25) is 0 Å². The van der Waals surface area contributed by atoms with Crippen molar-refractivity contribution in [1.82, 2.24) is 10.0 Å². The lowest BCUT2D eigenvalue weighted by molar-refractivity contribution is -0.204. The second-order valence-corrected chi connectivity index (χ2v) is 7.73. The van der Waals surface area contributed by atoms with Crippen LogP contribution in [-0.4, -0.2) is 45.0 Å². The quantitative estimate of drug-likeness (QED) is 0.583. The third-order valence-electron chi connectivity index (χ3n) is 4.08. The zero-order valence-corrected chi connectivity index (χ0v) is 15.9. The van der Waals surface area contributed by atoms with Crippen LogP contribution in [0.1, 0.15) is 6.92 Å². The molecule has 1 fully saturated rings. The molecule has 1 aromatic carbocycles. The van der Waals surface area contributed by atoms with E-state index in [1.54, 1.807) is 5.32 Å². The van der Waals surface area contributed by atoms with Crippen molar-refractivity contribution in [2.45, 2.75) is 23.5 Å². The highest BCUT2D eigenvalue weighted by atomic mass is 32.2. The molecule has 0 spiro atoms. The summed E-state index contributed by atoms with van der Waals surface area (Å²) in [6, 6.07) is 4.13.